The molecule has 3 aromatic rings. The standard InChI is InChI=1S/C17H16F2N4O2S/c1-2-5-10-8-12(23-22-10)15(24)21-17-20-13(9-26-17)11-6-3-4-7-14(11)25-16(18)19/h3-4,6-9,16H,2,5H2,1H3,(H,22,23)(H,20,21,24). The van der Waals surface area contributed by atoms with Crippen molar-refractivity contribution in [2.75, 3.05) is 5.32 Å². The van der Waals surface area contributed by atoms with E-state index in [2.05, 4.69) is 25.2 Å². The molecule has 0 atom stereocenters. The number of hydrogen-bond donors (Lipinski definition) is 2. The maximum Gasteiger partial charge on any atom is 0.387 e. The number of aryl methyl sites for hydroxylation is 1. The molecule has 3 rings (SSSR count). The summed E-state index contributed by atoms with van der Waals surface area (Å²) in [5, 5.41) is 11.5. The summed E-state index contributed by atoms with van der Waals surface area (Å²) in [7, 11) is 0. The third-order valence-corrected chi connectivity index (χ3v) is 4.24. The molecule has 2 heterocycles. The summed E-state index contributed by atoms with van der Waals surface area (Å²) < 4.78 is 29.6. The van der Waals surface area contributed by atoms with Gasteiger partial charge in [0.15, 0.2) is 10.8 Å². The van der Waals surface area contributed by atoms with E-state index in [1.54, 1.807) is 29.6 Å². The molecule has 0 aliphatic carbocycles. The molecule has 136 valence electrons. The summed E-state index contributed by atoms with van der Waals surface area (Å²) in [6.07, 6.45) is 1.75. The Balaban J connectivity index is 1.75. The van der Waals surface area contributed by atoms with E-state index in [1.165, 1.54) is 17.4 Å². The molecule has 2 N–H and O–H groups in total. The number of amides is 1. The van der Waals surface area contributed by atoms with Crippen LogP contribution in [0.5, 0.6) is 5.75 Å². The Morgan fingerprint density at radius 1 is 1.38 bits per heavy atom. The molecule has 0 bridgehead atoms. The van der Waals surface area contributed by atoms with Crippen LogP contribution in [0.15, 0.2) is 35.7 Å². The van der Waals surface area contributed by atoms with Gasteiger partial charge in [-0.25, -0.2) is 4.98 Å². The molecule has 0 aliphatic rings. The predicted octanol–water partition coefficient (Wildman–Crippen LogP) is 4.34. The number of nitrogens with one attached hydrogen (secondary N) is 2. The Hall–Kier alpha value is -2.81. The number of ether oxygens (including phenoxy) is 1. The van der Waals surface area contributed by atoms with Gasteiger partial charge in [0.05, 0.1) is 5.69 Å². The van der Waals surface area contributed by atoms with Crippen molar-refractivity contribution < 1.29 is 18.3 Å². The van der Waals surface area contributed by atoms with Gasteiger partial charge in [-0.2, -0.15) is 13.9 Å². The minimum absolute atomic E-state index is 0.0298. The van der Waals surface area contributed by atoms with Crippen LogP contribution in [-0.4, -0.2) is 27.7 Å². The van der Waals surface area contributed by atoms with Crippen molar-refractivity contribution in [1.29, 1.82) is 0 Å². The van der Waals surface area contributed by atoms with Crippen LogP contribution >= 0.6 is 11.3 Å². The molecule has 0 fully saturated rings. The fourth-order valence-electron chi connectivity index (χ4n) is 2.37. The first-order chi connectivity index (χ1) is 12.6. The Labute approximate surface area is 152 Å². The van der Waals surface area contributed by atoms with Gasteiger partial charge in [-0.3, -0.25) is 15.2 Å². The average molecular weight is 378 g/mol. The lowest BCUT2D eigenvalue weighted by atomic mass is 10.1. The van der Waals surface area contributed by atoms with Crippen molar-refractivity contribution >= 4 is 22.4 Å². The fraction of sp³-hybridized carbons (Fsp3) is 0.235. The highest BCUT2D eigenvalue weighted by atomic mass is 32.1. The van der Waals surface area contributed by atoms with E-state index in [-0.39, 0.29) is 17.4 Å². The minimum Gasteiger partial charge on any atom is -0.434 e. The number of rotatable bonds is 7. The first kappa shape index (κ1) is 18.0. The largest absolute Gasteiger partial charge is 0.434 e. The monoisotopic (exact) mass is 378 g/mol. The summed E-state index contributed by atoms with van der Waals surface area (Å²) in [4.78, 5) is 16.5. The van der Waals surface area contributed by atoms with Crippen LogP contribution in [0.3, 0.4) is 0 Å². The molecule has 0 radical (unpaired) electrons. The number of carbonyl (C=O) groups is 1. The number of para-hydroxylation sites is 1. The Bertz CT molecular complexity index is 894. The van der Waals surface area contributed by atoms with E-state index < -0.39 is 6.61 Å². The van der Waals surface area contributed by atoms with Crippen molar-refractivity contribution in [1.82, 2.24) is 15.2 Å². The van der Waals surface area contributed by atoms with Gasteiger partial charge in [0.2, 0.25) is 0 Å². The van der Waals surface area contributed by atoms with Crippen molar-refractivity contribution in [2.45, 2.75) is 26.4 Å². The van der Waals surface area contributed by atoms with Crippen molar-refractivity contribution in [3.63, 3.8) is 0 Å². The summed E-state index contributed by atoms with van der Waals surface area (Å²) in [5.41, 5.74) is 2.02. The maximum absolute atomic E-state index is 12.5. The van der Waals surface area contributed by atoms with Gasteiger partial charge in [-0.15, -0.1) is 11.3 Å². The van der Waals surface area contributed by atoms with Gasteiger partial charge in [0.1, 0.15) is 5.75 Å². The van der Waals surface area contributed by atoms with E-state index in [0.29, 0.717) is 16.4 Å². The smallest absolute Gasteiger partial charge is 0.387 e. The quantitative estimate of drug-likeness (QED) is 0.641. The highest BCUT2D eigenvalue weighted by Crippen LogP contribution is 2.33. The van der Waals surface area contributed by atoms with Gasteiger partial charge in [-0.05, 0) is 24.6 Å². The minimum atomic E-state index is -2.93. The number of nitrogens with zero attached hydrogens (tertiary/aromatic N) is 2. The molecular weight excluding hydrogens is 362 g/mol. The third kappa shape index (κ3) is 4.23. The second kappa shape index (κ2) is 8.05. The summed E-state index contributed by atoms with van der Waals surface area (Å²) >= 11 is 1.19. The lowest BCUT2D eigenvalue weighted by Crippen LogP contribution is -2.12. The van der Waals surface area contributed by atoms with Crippen molar-refractivity contribution in [3.05, 3.63) is 47.1 Å². The fourth-order valence-corrected chi connectivity index (χ4v) is 3.07. The highest BCUT2D eigenvalue weighted by Gasteiger charge is 2.16. The number of hydrogen-bond acceptors (Lipinski definition) is 5. The SMILES string of the molecule is CCCc1cc(C(=O)Nc2nc(-c3ccccc3OC(F)F)cs2)n[nH]1. The van der Waals surface area contributed by atoms with Crippen molar-refractivity contribution in [2.24, 2.45) is 0 Å². The number of carbonyl (C=O) groups excluding carboxylic acids is 1. The zero-order valence-corrected chi connectivity index (χ0v) is 14.6. The van der Waals surface area contributed by atoms with Crippen LogP contribution in [0.25, 0.3) is 11.3 Å². The molecule has 1 aromatic carbocycles. The number of benzene rings is 1. The second-order valence-electron chi connectivity index (χ2n) is 5.40. The van der Waals surface area contributed by atoms with Gasteiger partial charge in [-0.1, -0.05) is 25.5 Å². The van der Waals surface area contributed by atoms with Crippen LogP contribution in [0.2, 0.25) is 0 Å². The van der Waals surface area contributed by atoms with Gasteiger partial charge >= 0.3 is 6.61 Å². The highest BCUT2D eigenvalue weighted by molar-refractivity contribution is 7.14. The number of aromatic nitrogens is 3. The number of H-pyrrole nitrogens is 1. The van der Waals surface area contributed by atoms with Crippen LogP contribution in [0, 0.1) is 0 Å². The van der Waals surface area contributed by atoms with Crippen LogP contribution in [0.4, 0.5) is 13.9 Å². The lowest BCUT2D eigenvalue weighted by Gasteiger charge is -2.08. The zero-order valence-electron chi connectivity index (χ0n) is 13.8. The molecule has 0 saturated carbocycles. The maximum atomic E-state index is 12.5. The van der Waals surface area contributed by atoms with E-state index in [4.69, 9.17) is 0 Å². The zero-order chi connectivity index (χ0) is 18.5. The summed E-state index contributed by atoms with van der Waals surface area (Å²) in [5.74, 6) is -0.358. The number of alkyl halides is 2. The van der Waals surface area contributed by atoms with Gasteiger partial charge in [0.25, 0.3) is 5.91 Å². The molecule has 0 aliphatic heterocycles. The third-order valence-electron chi connectivity index (χ3n) is 3.49. The average Bonchev–Trinajstić information content (AvgIpc) is 3.25. The Kier molecular flexibility index (Phi) is 5.57. The topological polar surface area (TPSA) is 79.9 Å². The summed E-state index contributed by atoms with van der Waals surface area (Å²) in [6, 6.07) is 8.06. The second-order valence-corrected chi connectivity index (χ2v) is 6.25. The first-order valence-corrected chi connectivity index (χ1v) is 8.80. The number of aromatic amines is 1. The Morgan fingerprint density at radius 3 is 2.96 bits per heavy atom. The van der Waals surface area contributed by atoms with Crippen LogP contribution < -0.4 is 10.1 Å². The molecule has 9 heteroatoms. The van der Waals surface area contributed by atoms with Crippen molar-refractivity contribution in [3.8, 4) is 17.0 Å². The van der Waals surface area contributed by atoms with Crippen LogP contribution in [-0.2, 0) is 6.42 Å². The van der Waals surface area contributed by atoms with Gasteiger partial charge in [0, 0.05) is 16.6 Å². The number of thiazole rings is 1. The molecular formula is C17H16F2N4O2S. The molecule has 0 spiro atoms. The molecule has 1 amide bonds. The van der Waals surface area contributed by atoms with E-state index in [1.807, 2.05) is 6.92 Å². The van der Waals surface area contributed by atoms with Gasteiger partial charge < -0.3 is 4.74 Å². The normalized spacial score (nSPS) is 10.9. The number of anilines is 1. The van der Waals surface area contributed by atoms with E-state index in [9.17, 15) is 13.6 Å². The number of halogens is 2. The summed E-state index contributed by atoms with van der Waals surface area (Å²) in [6.45, 7) is -0.890. The van der Waals surface area contributed by atoms with E-state index >= 15 is 0 Å². The molecule has 6 nitrogen and oxygen atoms in total. The molecule has 2 aromatic heterocycles. The molecule has 0 saturated heterocycles. The lowest BCUT2D eigenvalue weighted by molar-refractivity contribution is -0.0494. The Morgan fingerprint density at radius 2 is 2.19 bits per heavy atom. The first-order valence-electron chi connectivity index (χ1n) is 7.92. The molecule has 0 unspecified atom stereocenters. The van der Waals surface area contributed by atoms with E-state index in [0.717, 1.165) is 18.5 Å². The predicted molar refractivity (Wildman–Crippen MR) is 94.7 cm³/mol. The molecule has 26 heavy (non-hydrogen) atoms. The van der Waals surface area contributed by atoms with Crippen LogP contribution in [0.1, 0.15) is 29.5 Å².